The summed E-state index contributed by atoms with van der Waals surface area (Å²) in [6, 6.07) is 4.13. The van der Waals surface area contributed by atoms with Crippen LogP contribution in [0.4, 0.5) is 0 Å². The molecule has 1 heterocycles. The second-order valence-corrected chi connectivity index (χ2v) is 6.49. The van der Waals surface area contributed by atoms with Crippen molar-refractivity contribution in [3.63, 3.8) is 0 Å². The molecular weight excluding hydrogens is 307 g/mol. The fraction of sp³-hybridized carbons (Fsp3) is 0.0833. The first-order valence-electron chi connectivity index (χ1n) is 5.29. The van der Waals surface area contributed by atoms with Crippen molar-refractivity contribution in [3.8, 4) is 0 Å². The average Bonchev–Trinajstić information content (AvgIpc) is 2.77. The van der Waals surface area contributed by atoms with Gasteiger partial charge in [-0.1, -0.05) is 29.3 Å². The SMILES string of the molecule is C=CCc1cnn(S(=O)(=O)c2cc(Cl)cc(Cl)c2)c1. The first-order chi connectivity index (χ1) is 8.93. The Morgan fingerprint density at radius 1 is 1.26 bits per heavy atom. The third kappa shape index (κ3) is 3.00. The van der Waals surface area contributed by atoms with Crippen LogP contribution in [0.25, 0.3) is 0 Å². The predicted octanol–water partition coefficient (Wildman–Crippen LogP) is 3.16. The molecular formula is C12H10Cl2N2O2S. The van der Waals surface area contributed by atoms with Crippen LogP contribution in [0, 0.1) is 0 Å². The van der Waals surface area contributed by atoms with Gasteiger partial charge in [0, 0.05) is 16.2 Å². The second kappa shape index (κ2) is 5.36. The summed E-state index contributed by atoms with van der Waals surface area (Å²) < 4.78 is 25.5. The lowest BCUT2D eigenvalue weighted by Gasteiger charge is -2.05. The van der Waals surface area contributed by atoms with Crippen LogP contribution in [0.2, 0.25) is 10.0 Å². The molecule has 0 radical (unpaired) electrons. The summed E-state index contributed by atoms with van der Waals surface area (Å²) >= 11 is 11.6. The Bertz CT molecular complexity index is 703. The van der Waals surface area contributed by atoms with Gasteiger partial charge in [-0.05, 0) is 30.2 Å². The lowest BCUT2D eigenvalue weighted by molar-refractivity contribution is 0.580. The average molecular weight is 317 g/mol. The Kier molecular flexibility index (Phi) is 3.99. The summed E-state index contributed by atoms with van der Waals surface area (Å²) in [7, 11) is -3.78. The quantitative estimate of drug-likeness (QED) is 0.814. The van der Waals surface area contributed by atoms with E-state index in [-0.39, 0.29) is 14.9 Å². The molecule has 2 rings (SSSR count). The molecule has 0 aliphatic carbocycles. The summed E-state index contributed by atoms with van der Waals surface area (Å²) in [5, 5.41) is 4.35. The van der Waals surface area contributed by atoms with Crippen LogP contribution in [-0.2, 0) is 16.4 Å². The maximum atomic E-state index is 12.3. The van der Waals surface area contributed by atoms with Crippen molar-refractivity contribution in [2.24, 2.45) is 0 Å². The summed E-state index contributed by atoms with van der Waals surface area (Å²) in [6.45, 7) is 3.59. The van der Waals surface area contributed by atoms with E-state index in [0.29, 0.717) is 6.42 Å². The molecule has 7 heteroatoms. The van der Waals surface area contributed by atoms with Crippen molar-refractivity contribution in [1.82, 2.24) is 9.19 Å². The number of hydrogen-bond donors (Lipinski definition) is 0. The van der Waals surface area contributed by atoms with Gasteiger partial charge in [0.2, 0.25) is 0 Å². The Labute approximate surface area is 121 Å². The molecule has 0 amide bonds. The molecule has 100 valence electrons. The topological polar surface area (TPSA) is 52.0 Å². The molecule has 0 fully saturated rings. The summed E-state index contributed by atoms with van der Waals surface area (Å²) in [4.78, 5) is -0.00162. The first-order valence-corrected chi connectivity index (χ1v) is 7.49. The third-order valence-corrected chi connectivity index (χ3v) is 4.33. The fourth-order valence-corrected chi connectivity index (χ4v) is 3.40. The monoisotopic (exact) mass is 316 g/mol. The van der Waals surface area contributed by atoms with Gasteiger partial charge in [-0.3, -0.25) is 0 Å². The zero-order valence-corrected chi connectivity index (χ0v) is 12.1. The molecule has 19 heavy (non-hydrogen) atoms. The van der Waals surface area contributed by atoms with Gasteiger partial charge in [0.1, 0.15) is 0 Å². The Morgan fingerprint density at radius 2 is 1.89 bits per heavy atom. The van der Waals surface area contributed by atoms with Crippen LogP contribution in [0.15, 0.2) is 48.1 Å². The van der Waals surface area contributed by atoms with Crippen LogP contribution in [0.5, 0.6) is 0 Å². The minimum absolute atomic E-state index is 0.00162. The van der Waals surface area contributed by atoms with E-state index in [2.05, 4.69) is 11.7 Å². The number of halogens is 2. The van der Waals surface area contributed by atoms with Crippen molar-refractivity contribution >= 4 is 33.2 Å². The standard InChI is InChI=1S/C12H10Cl2N2O2S/c1-2-3-9-7-15-16(8-9)19(17,18)12-5-10(13)4-11(14)6-12/h2,4-8H,1,3H2. The molecule has 1 aromatic carbocycles. The molecule has 0 saturated carbocycles. The lowest BCUT2D eigenvalue weighted by atomic mass is 10.3. The van der Waals surface area contributed by atoms with Crippen LogP contribution in [0.3, 0.4) is 0 Å². The zero-order valence-electron chi connectivity index (χ0n) is 9.75. The molecule has 0 unspecified atom stereocenters. The minimum atomic E-state index is -3.78. The van der Waals surface area contributed by atoms with Gasteiger partial charge >= 0.3 is 0 Å². The summed E-state index contributed by atoms with van der Waals surface area (Å²) in [5.74, 6) is 0. The largest absolute Gasteiger partial charge is 0.283 e. The molecule has 0 aliphatic rings. The van der Waals surface area contributed by atoms with Crippen molar-refractivity contribution < 1.29 is 8.42 Å². The normalized spacial score (nSPS) is 11.5. The van der Waals surface area contributed by atoms with E-state index in [1.165, 1.54) is 30.6 Å². The molecule has 0 saturated heterocycles. The van der Waals surface area contributed by atoms with Crippen LogP contribution in [-0.4, -0.2) is 17.6 Å². The van der Waals surface area contributed by atoms with Crippen molar-refractivity contribution in [1.29, 1.82) is 0 Å². The molecule has 0 atom stereocenters. The van der Waals surface area contributed by atoms with Gasteiger partial charge in [-0.2, -0.15) is 17.6 Å². The number of aromatic nitrogens is 2. The van der Waals surface area contributed by atoms with Gasteiger partial charge in [0.25, 0.3) is 10.0 Å². The molecule has 0 bridgehead atoms. The molecule has 0 N–H and O–H groups in total. The van der Waals surface area contributed by atoms with Crippen LogP contribution in [0.1, 0.15) is 5.56 Å². The highest BCUT2D eigenvalue weighted by Gasteiger charge is 2.19. The molecule has 0 spiro atoms. The van der Waals surface area contributed by atoms with Crippen molar-refractivity contribution in [2.75, 3.05) is 0 Å². The number of benzene rings is 1. The lowest BCUT2D eigenvalue weighted by Crippen LogP contribution is -2.13. The number of hydrogen-bond acceptors (Lipinski definition) is 3. The van der Waals surface area contributed by atoms with E-state index in [9.17, 15) is 8.42 Å². The number of nitrogens with zero attached hydrogens (tertiary/aromatic N) is 2. The first kappa shape index (κ1) is 14.1. The Hall–Kier alpha value is -1.30. The highest BCUT2D eigenvalue weighted by atomic mass is 35.5. The van der Waals surface area contributed by atoms with E-state index in [1.54, 1.807) is 6.08 Å². The van der Waals surface area contributed by atoms with Gasteiger partial charge < -0.3 is 0 Å². The molecule has 4 nitrogen and oxygen atoms in total. The van der Waals surface area contributed by atoms with E-state index in [1.807, 2.05) is 0 Å². The van der Waals surface area contributed by atoms with E-state index >= 15 is 0 Å². The summed E-state index contributed by atoms with van der Waals surface area (Å²) in [6.07, 6.45) is 5.13. The van der Waals surface area contributed by atoms with Crippen LogP contribution >= 0.6 is 23.2 Å². The number of allylic oxidation sites excluding steroid dienone is 1. The van der Waals surface area contributed by atoms with Gasteiger partial charge in [-0.25, -0.2) is 0 Å². The predicted molar refractivity (Wildman–Crippen MR) is 75.2 cm³/mol. The maximum absolute atomic E-state index is 12.3. The van der Waals surface area contributed by atoms with Crippen LogP contribution < -0.4 is 0 Å². The fourth-order valence-electron chi connectivity index (χ4n) is 1.53. The Morgan fingerprint density at radius 3 is 2.47 bits per heavy atom. The molecule has 2 aromatic rings. The third-order valence-electron chi connectivity index (χ3n) is 2.37. The maximum Gasteiger partial charge on any atom is 0.283 e. The van der Waals surface area contributed by atoms with E-state index in [0.717, 1.165) is 9.65 Å². The minimum Gasteiger partial charge on any atom is -0.199 e. The van der Waals surface area contributed by atoms with Gasteiger partial charge in [0.05, 0.1) is 11.1 Å². The molecule has 1 aromatic heterocycles. The van der Waals surface area contributed by atoms with E-state index < -0.39 is 10.0 Å². The zero-order chi connectivity index (χ0) is 14.0. The van der Waals surface area contributed by atoms with Gasteiger partial charge in [0.15, 0.2) is 0 Å². The smallest absolute Gasteiger partial charge is 0.199 e. The highest BCUT2D eigenvalue weighted by molar-refractivity contribution is 7.89. The van der Waals surface area contributed by atoms with Gasteiger partial charge in [-0.15, -0.1) is 6.58 Å². The van der Waals surface area contributed by atoms with E-state index in [4.69, 9.17) is 23.2 Å². The highest BCUT2D eigenvalue weighted by Crippen LogP contribution is 2.23. The van der Waals surface area contributed by atoms with Crippen molar-refractivity contribution in [2.45, 2.75) is 11.3 Å². The van der Waals surface area contributed by atoms with Crippen molar-refractivity contribution in [3.05, 3.63) is 58.9 Å². The Balaban J connectivity index is 2.48. The molecule has 0 aliphatic heterocycles. The second-order valence-electron chi connectivity index (χ2n) is 3.82. The summed E-state index contributed by atoms with van der Waals surface area (Å²) in [5.41, 5.74) is 0.756. The number of rotatable bonds is 4.